The smallest absolute Gasteiger partial charge is 0.167 e. The summed E-state index contributed by atoms with van der Waals surface area (Å²) in [6.45, 7) is 4.10. The lowest BCUT2D eigenvalue weighted by Gasteiger charge is -2.24. The molecule has 7 nitrogen and oxygen atoms in total. The van der Waals surface area contributed by atoms with E-state index in [1.54, 1.807) is 14.2 Å². The summed E-state index contributed by atoms with van der Waals surface area (Å²) in [7, 11) is 3.21. The van der Waals surface area contributed by atoms with E-state index in [0.29, 0.717) is 28.8 Å². The predicted octanol–water partition coefficient (Wildman–Crippen LogP) is 4.60. The zero-order valence-corrected chi connectivity index (χ0v) is 18.8. The SMILES string of the molecule is COc1cccc(C2OC(CCO)c3nnc(C(C)C)n3-c3ccc(Cl)cc32)c1OC. The Kier molecular flexibility index (Phi) is 6.18. The van der Waals surface area contributed by atoms with Crippen molar-refractivity contribution in [3.05, 3.63) is 64.2 Å². The number of methoxy groups -OCH3 is 2. The van der Waals surface area contributed by atoms with Crippen LogP contribution in [0.15, 0.2) is 36.4 Å². The quantitative estimate of drug-likeness (QED) is 0.599. The van der Waals surface area contributed by atoms with Gasteiger partial charge in [0.05, 0.1) is 19.9 Å². The summed E-state index contributed by atoms with van der Waals surface area (Å²) >= 11 is 6.42. The van der Waals surface area contributed by atoms with E-state index in [9.17, 15) is 5.11 Å². The molecule has 1 aliphatic rings. The highest BCUT2D eigenvalue weighted by Crippen LogP contribution is 2.46. The molecule has 1 aromatic heterocycles. The minimum Gasteiger partial charge on any atom is -0.493 e. The minimum absolute atomic E-state index is 0.0480. The minimum atomic E-state index is -0.517. The van der Waals surface area contributed by atoms with Crippen molar-refractivity contribution in [2.45, 2.75) is 38.4 Å². The van der Waals surface area contributed by atoms with Gasteiger partial charge in [0.1, 0.15) is 18.0 Å². The van der Waals surface area contributed by atoms with Gasteiger partial charge in [0.15, 0.2) is 17.3 Å². The van der Waals surface area contributed by atoms with Gasteiger partial charge in [-0.05, 0) is 24.3 Å². The van der Waals surface area contributed by atoms with Crippen LogP contribution in [0.3, 0.4) is 0 Å². The normalized spacial score (nSPS) is 17.8. The third kappa shape index (κ3) is 3.78. The maximum atomic E-state index is 9.75. The van der Waals surface area contributed by atoms with Crippen molar-refractivity contribution in [2.75, 3.05) is 20.8 Å². The number of ether oxygens (including phenoxy) is 3. The summed E-state index contributed by atoms with van der Waals surface area (Å²) in [5.41, 5.74) is 2.56. The molecule has 8 heteroatoms. The molecule has 1 N–H and O–H groups in total. The number of aliphatic hydroxyl groups excluding tert-OH is 1. The van der Waals surface area contributed by atoms with Crippen molar-refractivity contribution >= 4 is 11.6 Å². The maximum absolute atomic E-state index is 9.75. The first-order chi connectivity index (χ1) is 15.0. The third-order valence-corrected chi connectivity index (χ3v) is 5.67. The number of aliphatic hydroxyl groups is 1. The Labute approximate surface area is 186 Å². The third-order valence-electron chi connectivity index (χ3n) is 5.44. The van der Waals surface area contributed by atoms with Crippen molar-refractivity contribution in [2.24, 2.45) is 0 Å². The number of hydrogen-bond acceptors (Lipinski definition) is 6. The number of para-hydroxylation sites is 1. The molecule has 2 atom stereocenters. The molecule has 2 heterocycles. The van der Waals surface area contributed by atoms with E-state index in [4.69, 9.17) is 25.8 Å². The molecule has 1 aliphatic heterocycles. The topological polar surface area (TPSA) is 78.6 Å². The Morgan fingerprint density at radius 3 is 2.61 bits per heavy atom. The second-order valence-corrected chi connectivity index (χ2v) is 8.15. The summed E-state index contributed by atoms with van der Waals surface area (Å²) in [6.07, 6.45) is -0.616. The van der Waals surface area contributed by atoms with Crippen molar-refractivity contribution in [1.82, 2.24) is 14.8 Å². The highest BCUT2D eigenvalue weighted by atomic mass is 35.5. The van der Waals surface area contributed by atoms with Crippen LogP contribution in [0.1, 0.15) is 61.2 Å². The number of aromatic nitrogens is 3. The van der Waals surface area contributed by atoms with Gasteiger partial charge in [-0.25, -0.2) is 0 Å². The van der Waals surface area contributed by atoms with Gasteiger partial charge in [-0.2, -0.15) is 0 Å². The maximum Gasteiger partial charge on any atom is 0.167 e. The number of nitrogens with zero attached hydrogens (tertiary/aromatic N) is 3. The second kappa shape index (κ2) is 8.86. The lowest BCUT2D eigenvalue weighted by molar-refractivity contribution is -0.00986. The van der Waals surface area contributed by atoms with Crippen molar-refractivity contribution in [3.8, 4) is 17.2 Å². The first-order valence-corrected chi connectivity index (χ1v) is 10.6. The Morgan fingerprint density at radius 2 is 1.94 bits per heavy atom. The fourth-order valence-electron chi connectivity index (χ4n) is 4.05. The van der Waals surface area contributed by atoms with Crippen LogP contribution >= 0.6 is 11.6 Å². The number of rotatable bonds is 6. The molecule has 4 rings (SSSR count). The van der Waals surface area contributed by atoms with Crippen LogP contribution < -0.4 is 9.47 Å². The lowest BCUT2D eigenvalue weighted by Crippen LogP contribution is -2.14. The molecule has 0 aliphatic carbocycles. The van der Waals surface area contributed by atoms with Gasteiger partial charge in [0.25, 0.3) is 0 Å². The van der Waals surface area contributed by atoms with Gasteiger partial charge in [0.2, 0.25) is 0 Å². The van der Waals surface area contributed by atoms with E-state index in [2.05, 4.69) is 24.0 Å². The van der Waals surface area contributed by atoms with Crippen LogP contribution in [0.5, 0.6) is 11.5 Å². The number of halogens is 1. The van der Waals surface area contributed by atoms with Crippen LogP contribution in [0.2, 0.25) is 5.02 Å². The Bertz CT molecular complexity index is 1080. The first kappa shape index (κ1) is 21.6. The summed E-state index contributed by atoms with van der Waals surface area (Å²) in [5, 5.41) is 19.2. The highest BCUT2D eigenvalue weighted by Gasteiger charge is 2.35. The average molecular weight is 444 g/mol. The number of hydrogen-bond donors (Lipinski definition) is 1. The van der Waals surface area contributed by atoms with Crippen molar-refractivity contribution < 1.29 is 19.3 Å². The van der Waals surface area contributed by atoms with E-state index >= 15 is 0 Å². The molecule has 2 aromatic carbocycles. The van der Waals surface area contributed by atoms with Crippen LogP contribution in [-0.2, 0) is 4.74 Å². The van der Waals surface area contributed by atoms with E-state index in [1.807, 2.05) is 41.0 Å². The number of benzene rings is 2. The molecule has 0 bridgehead atoms. The fraction of sp³-hybridized carbons (Fsp3) is 0.391. The van der Waals surface area contributed by atoms with E-state index in [-0.39, 0.29) is 12.5 Å². The lowest BCUT2D eigenvalue weighted by atomic mass is 9.98. The molecule has 164 valence electrons. The summed E-state index contributed by atoms with van der Waals surface area (Å²) < 4.78 is 19.8. The summed E-state index contributed by atoms with van der Waals surface area (Å²) in [4.78, 5) is 0. The van der Waals surface area contributed by atoms with E-state index in [0.717, 1.165) is 22.6 Å². The largest absolute Gasteiger partial charge is 0.493 e. The Morgan fingerprint density at radius 1 is 1.13 bits per heavy atom. The molecule has 0 saturated heterocycles. The zero-order valence-electron chi connectivity index (χ0n) is 18.0. The van der Waals surface area contributed by atoms with Crippen molar-refractivity contribution in [3.63, 3.8) is 0 Å². The Balaban J connectivity index is 2.00. The predicted molar refractivity (Wildman–Crippen MR) is 117 cm³/mol. The van der Waals surface area contributed by atoms with Crippen LogP contribution in [0.4, 0.5) is 0 Å². The molecule has 0 amide bonds. The summed E-state index contributed by atoms with van der Waals surface area (Å²) in [5.74, 6) is 2.82. The van der Waals surface area contributed by atoms with E-state index in [1.165, 1.54) is 0 Å². The van der Waals surface area contributed by atoms with Crippen LogP contribution in [0, 0.1) is 0 Å². The van der Waals surface area contributed by atoms with Crippen molar-refractivity contribution in [1.29, 1.82) is 0 Å². The van der Waals surface area contributed by atoms with Gasteiger partial charge in [0, 0.05) is 35.1 Å². The molecule has 0 radical (unpaired) electrons. The van der Waals surface area contributed by atoms with Crippen LogP contribution in [-0.4, -0.2) is 40.7 Å². The molecule has 0 spiro atoms. The van der Waals surface area contributed by atoms with Crippen LogP contribution in [0.25, 0.3) is 5.69 Å². The zero-order chi connectivity index (χ0) is 22.1. The van der Waals surface area contributed by atoms with E-state index < -0.39 is 12.2 Å². The molecule has 3 aromatic rings. The average Bonchev–Trinajstić information content (AvgIpc) is 3.16. The van der Waals surface area contributed by atoms with Gasteiger partial charge in [-0.3, -0.25) is 4.57 Å². The van der Waals surface area contributed by atoms with Gasteiger partial charge in [-0.1, -0.05) is 37.6 Å². The molecule has 0 saturated carbocycles. The number of fused-ring (bicyclic) bond motifs is 3. The fourth-order valence-corrected chi connectivity index (χ4v) is 4.23. The highest BCUT2D eigenvalue weighted by molar-refractivity contribution is 6.30. The standard InChI is InChI=1S/C23H26ClN3O4/c1-13(2)22-25-26-23-19(10-11-28)31-20(15-6-5-7-18(29-3)21(15)30-4)16-12-14(24)8-9-17(16)27(22)23/h5-9,12-13,19-20,28H,10-11H2,1-4H3. The first-order valence-electron chi connectivity index (χ1n) is 10.2. The molecule has 31 heavy (non-hydrogen) atoms. The Hall–Kier alpha value is -2.61. The molecule has 0 fully saturated rings. The second-order valence-electron chi connectivity index (χ2n) is 7.71. The van der Waals surface area contributed by atoms with Gasteiger partial charge < -0.3 is 19.3 Å². The van der Waals surface area contributed by atoms with Gasteiger partial charge in [-0.15, -0.1) is 10.2 Å². The summed E-state index contributed by atoms with van der Waals surface area (Å²) in [6, 6.07) is 11.4. The molecule has 2 unspecified atom stereocenters. The molecular formula is C23H26ClN3O4. The monoisotopic (exact) mass is 443 g/mol. The molecular weight excluding hydrogens is 418 g/mol. The van der Waals surface area contributed by atoms with Gasteiger partial charge >= 0.3 is 0 Å².